The van der Waals surface area contributed by atoms with Crippen LogP contribution in [0.2, 0.25) is 0 Å². The second kappa shape index (κ2) is 13.1. The molecule has 2 heterocycles. The van der Waals surface area contributed by atoms with Crippen molar-refractivity contribution >= 4 is 46.9 Å². The van der Waals surface area contributed by atoms with E-state index in [4.69, 9.17) is 35.9 Å². The molecule has 0 unspecified atom stereocenters. The maximum Gasteiger partial charge on any atom is 0.303 e. The van der Waals surface area contributed by atoms with Crippen LogP contribution < -0.4 is 0 Å². The number of aryl methyl sites for hydroxylation is 1. The monoisotopic (exact) mass is 606 g/mol. The Bertz CT molecular complexity index is 1690. The van der Waals surface area contributed by atoms with Crippen LogP contribution in [-0.2, 0) is 42.9 Å². The normalized spacial score (nSPS) is 21.3. The van der Waals surface area contributed by atoms with Crippen LogP contribution in [0.4, 0.5) is 0 Å². The summed E-state index contributed by atoms with van der Waals surface area (Å²) in [7, 11) is 0. The number of nitriles is 1. The fraction of sp³-hybridized carbons (Fsp3) is 0.355. The zero-order valence-corrected chi connectivity index (χ0v) is 25.0. The number of nitrogens with zero attached hydrogens (tertiary/aromatic N) is 2. The molecule has 0 bridgehead atoms. The molecule has 11 nitrogen and oxygen atoms in total. The number of rotatable bonds is 7. The SMILES string of the molecule is CC(=O)OC[C@@H]1O[C@H](n2c(C)cc(-c3cccc4ccccc34)c(C#N)c2=S)[C@@H](OC(C)=O)[C@@H](OC(C)=O)[C@H]1OC(C)=O. The topological polar surface area (TPSA) is 143 Å². The Labute approximate surface area is 252 Å². The maximum atomic E-state index is 12.3. The number of esters is 4. The number of benzene rings is 2. The zero-order valence-electron chi connectivity index (χ0n) is 24.2. The Morgan fingerprint density at radius 2 is 1.47 bits per heavy atom. The third-order valence-electron chi connectivity index (χ3n) is 6.85. The smallest absolute Gasteiger partial charge is 0.303 e. The average Bonchev–Trinajstić information content (AvgIpc) is 2.93. The number of carbonyl (C=O) groups is 4. The van der Waals surface area contributed by atoms with Gasteiger partial charge in [-0.3, -0.25) is 19.2 Å². The summed E-state index contributed by atoms with van der Waals surface area (Å²) in [5, 5.41) is 12.2. The summed E-state index contributed by atoms with van der Waals surface area (Å²) >= 11 is 5.85. The van der Waals surface area contributed by atoms with Crippen molar-refractivity contribution in [2.75, 3.05) is 6.61 Å². The molecule has 1 saturated heterocycles. The molecule has 43 heavy (non-hydrogen) atoms. The van der Waals surface area contributed by atoms with Gasteiger partial charge in [0, 0.05) is 39.0 Å². The fourth-order valence-corrected chi connectivity index (χ4v) is 5.66. The molecule has 1 aliphatic heterocycles. The van der Waals surface area contributed by atoms with Crippen LogP contribution in [0.15, 0.2) is 48.5 Å². The third kappa shape index (κ3) is 6.74. The standard InChI is InChI=1S/C31H30N2O9S/c1-16-13-24(23-12-8-10-21-9-6-7-11-22(21)23)25(14-32)31(43)33(16)30-29(41-20(5)37)28(40-19(4)36)27(39-18(3)35)26(42-30)15-38-17(2)34/h6-13,26-30H,15H2,1-5H3/t26-,27-,28-,29-,30-/m0/s1. The van der Waals surface area contributed by atoms with Crippen LogP contribution in [0.5, 0.6) is 0 Å². The van der Waals surface area contributed by atoms with Gasteiger partial charge in [0.1, 0.15) is 23.4 Å². The lowest BCUT2D eigenvalue weighted by Gasteiger charge is -2.45. The predicted octanol–water partition coefficient (Wildman–Crippen LogP) is 4.47. The van der Waals surface area contributed by atoms with Gasteiger partial charge >= 0.3 is 23.9 Å². The van der Waals surface area contributed by atoms with Crippen molar-refractivity contribution in [1.82, 2.24) is 4.57 Å². The summed E-state index contributed by atoms with van der Waals surface area (Å²) in [5.74, 6) is -2.87. The Balaban J connectivity index is 1.94. The van der Waals surface area contributed by atoms with E-state index in [0.717, 1.165) is 37.1 Å². The van der Waals surface area contributed by atoms with Crippen molar-refractivity contribution < 1.29 is 42.9 Å². The Hall–Kier alpha value is -4.60. The van der Waals surface area contributed by atoms with Gasteiger partial charge in [-0.15, -0.1) is 0 Å². The van der Waals surface area contributed by atoms with E-state index >= 15 is 0 Å². The van der Waals surface area contributed by atoms with Gasteiger partial charge in [-0.1, -0.05) is 54.7 Å². The highest BCUT2D eigenvalue weighted by atomic mass is 32.1. The van der Waals surface area contributed by atoms with Crippen molar-refractivity contribution in [3.8, 4) is 17.2 Å². The number of hydrogen-bond acceptors (Lipinski definition) is 11. The molecule has 12 heteroatoms. The van der Waals surface area contributed by atoms with Crippen LogP contribution >= 0.6 is 12.2 Å². The molecule has 0 amide bonds. The van der Waals surface area contributed by atoms with E-state index in [1.54, 1.807) is 13.0 Å². The van der Waals surface area contributed by atoms with Crippen LogP contribution in [-0.4, -0.2) is 59.5 Å². The predicted molar refractivity (Wildman–Crippen MR) is 155 cm³/mol. The lowest BCUT2D eigenvalue weighted by atomic mass is 9.94. The fourth-order valence-electron chi connectivity index (χ4n) is 5.26. The van der Waals surface area contributed by atoms with Crippen molar-refractivity contribution in [3.63, 3.8) is 0 Å². The van der Waals surface area contributed by atoms with Gasteiger partial charge in [-0.05, 0) is 29.3 Å². The maximum absolute atomic E-state index is 12.3. The Kier molecular flexibility index (Phi) is 9.58. The van der Waals surface area contributed by atoms with Crippen molar-refractivity contribution in [1.29, 1.82) is 5.26 Å². The van der Waals surface area contributed by atoms with Crippen LogP contribution in [0.3, 0.4) is 0 Å². The second-order valence-electron chi connectivity index (χ2n) is 9.98. The number of ether oxygens (including phenoxy) is 5. The molecule has 1 aromatic heterocycles. The number of pyridine rings is 1. The highest BCUT2D eigenvalue weighted by molar-refractivity contribution is 7.71. The Morgan fingerprint density at radius 1 is 0.860 bits per heavy atom. The summed E-state index contributed by atoms with van der Waals surface area (Å²) in [6.45, 7) is 5.98. The van der Waals surface area contributed by atoms with E-state index in [1.807, 2.05) is 42.5 Å². The molecular formula is C31H30N2O9S. The van der Waals surface area contributed by atoms with E-state index in [9.17, 15) is 24.4 Å². The van der Waals surface area contributed by atoms with Gasteiger partial charge in [0.05, 0.1) is 5.56 Å². The molecule has 2 aromatic carbocycles. The van der Waals surface area contributed by atoms with E-state index in [-0.39, 0.29) is 16.8 Å². The summed E-state index contributed by atoms with van der Waals surface area (Å²) in [6, 6.07) is 17.5. The first-order chi connectivity index (χ1) is 20.4. The minimum atomic E-state index is -1.38. The lowest BCUT2D eigenvalue weighted by molar-refractivity contribution is -0.269. The highest BCUT2D eigenvalue weighted by Gasteiger charge is 2.53. The second-order valence-corrected chi connectivity index (χ2v) is 10.4. The molecule has 0 radical (unpaired) electrons. The minimum Gasteiger partial charge on any atom is -0.463 e. The van der Waals surface area contributed by atoms with E-state index in [0.29, 0.717) is 11.3 Å². The van der Waals surface area contributed by atoms with Crippen molar-refractivity contribution in [3.05, 3.63) is 64.4 Å². The van der Waals surface area contributed by atoms with E-state index in [2.05, 4.69) is 6.07 Å². The quantitative estimate of drug-likeness (QED) is 0.213. The Morgan fingerprint density at radius 3 is 2.09 bits per heavy atom. The summed E-state index contributed by atoms with van der Waals surface area (Å²) in [5.41, 5.74) is 2.05. The number of carbonyl (C=O) groups excluding carboxylic acids is 4. The van der Waals surface area contributed by atoms with Crippen molar-refractivity contribution in [2.45, 2.75) is 65.3 Å². The van der Waals surface area contributed by atoms with Gasteiger partial charge < -0.3 is 28.3 Å². The molecule has 5 atom stereocenters. The van der Waals surface area contributed by atoms with Crippen molar-refractivity contribution in [2.24, 2.45) is 0 Å². The molecule has 1 fully saturated rings. The first kappa shape index (κ1) is 31.3. The lowest BCUT2D eigenvalue weighted by Crippen LogP contribution is -2.60. The molecule has 3 aromatic rings. The van der Waals surface area contributed by atoms with Gasteiger partial charge in [0.15, 0.2) is 24.5 Å². The number of hydrogen-bond donors (Lipinski definition) is 0. The van der Waals surface area contributed by atoms with Crippen LogP contribution in [0.25, 0.3) is 21.9 Å². The summed E-state index contributed by atoms with van der Waals surface area (Å²) in [4.78, 5) is 48.3. The number of fused-ring (bicyclic) bond motifs is 1. The molecule has 4 rings (SSSR count). The average molecular weight is 607 g/mol. The summed E-state index contributed by atoms with van der Waals surface area (Å²) in [6.07, 6.45) is -6.52. The molecule has 0 saturated carbocycles. The van der Waals surface area contributed by atoms with Gasteiger partial charge in [0.25, 0.3) is 0 Å². The van der Waals surface area contributed by atoms with Gasteiger partial charge in [-0.2, -0.15) is 5.26 Å². The molecule has 0 aliphatic carbocycles. The van der Waals surface area contributed by atoms with E-state index in [1.165, 1.54) is 11.5 Å². The molecular weight excluding hydrogens is 576 g/mol. The third-order valence-corrected chi connectivity index (χ3v) is 7.25. The first-order valence-corrected chi connectivity index (χ1v) is 13.8. The first-order valence-electron chi connectivity index (χ1n) is 13.4. The zero-order chi connectivity index (χ0) is 31.4. The summed E-state index contributed by atoms with van der Waals surface area (Å²) < 4.78 is 29.7. The van der Waals surface area contributed by atoms with Crippen LogP contribution in [0.1, 0.15) is 45.2 Å². The number of aromatic nitrogens is 1. The van der Waals surface area contributed by atoms with Crippen LogP contribution in [0, 0.1) is 22.9 Å². The van der Waals surface area contributed by atoms with E-state index < -0.39 is 54.5 Å². The molecule has 0 N–H and O–H groups in total. The molecule has 0 spiro atoms. The molecule has 224 valence electrons. The van der Waals surface area contributed by atoms with Gasteiger partial charge in [0.2, 0.25) is 0 Å². The minimum absolute atomic E-state index is 0.0614. The van der Waals surface area contributed by atoms with Gasteiger partial charge in [-0.25, -0.2) is 0 Å². The highest BCUT2D eigenvalue weighted by Crippen LogP contribution is 2.38. The molecule has 1 aliphatic rings. The largest absolute Gasteiger partial charge is 0.463 e.